The van der Waals surface area contributed by atoms with Gasteiger partial charge in [-0.05, 0) is 85.2 Å². The van der Waals surface area contributed by atoms with Crippen molar-refractivity contribution < 1.29 is 10.2 Å². The van der Waals surface area contributed by atoms with E-state index in [0.717, 1.165) is 38.5 Å². The van der Waals surface area contributed by atoms with Crippen LogP contribution in [0.1, 0.15) is 64.4 Å². The van der Waals surface area contributed by atoms with E-state index in [-0.39, 0.29) is 23.0 Å². The Labute approximate surface area is 175 Å². The molecule has 1 aromatic carbocycles. The largest absolute Gasteiger partial charge is 0.393 e. The highest BCUT2D eigenvalue weighted by atomic mass is 16.3. The smallest absolute Gasteiger partial charge is 0.0809 e. The molecule has 0 bridgehead atoms. The summed E-state index contributed by atoms with van der Waals surface area (Å²) < 4.78 is 0. The van der Waals surface area contributed by atoms with Gasteiger partial charge in [0.25, 0.3) is 0 Å². The van der Waals surface area contributed by atoms with Crippen LogP contribution in [-0.2, 0) is 0 Å². The Bertz CT molecular complexity index is 826. The normalized spacial score (nSPS) is 48.1. The summed E-state index contributed by atoms with van der Waals surface area (Å²) in [5, 5.41) is 21.7. The van der Waals surface area contributed by atoms with Crippen LogP contribution < -0.4 is 0 Å². The molecular formula is C27H36O2. The maximum atomic E-state index is 11.4. The molecular weight excluding hydrogens is 356 g/mol. The first-order valence-electron chi connectivity index (χ1n) is 11.6. The van der Waals surface area contributed by atoms with Crippen molar-refractivity contribution in [2.45, 2.75) is 71.0 Å². The molecule has 29 heavy (non-hydrogen) atoms. The van der Waals surface area contributed by atoms with E-state index in [1.54, 1.807) is 0 Å². The van der Waals surface area contributed by atoms with Crippen LogP contribution in [0.2, 0.25) is 0 Å². The van der Waals surface area contributed by atoms with Crippen molar-refractivity contribution in [1.82, 2.24) is 0 Å². The van der Waals surface area contributed by atoms with Gasteiger partial charge in [0, 0.05) is 5.41 Å². The zero-order valence-corrected chi connectivity index (χ0v) is 18.0. The number of fused-ring (bicyclic) bond motifs is 5. The summed E-state index contributed by atoms with van der Waals surface area (Å²) in [5.41, 5.74) is 4.05. The van der Waals surface area contributed by atoms with E-state index >= 15 is 0 Å². The summed E-state index contributed by atoms with van der Waals surface area (Å²) >= 11 is 0. The maximum absolute atomic E-state index is 11.4. The van der Waals surface area contributed by atoms with Gasteiger partial charge in [0.2, 0.25) is 0 Å². The molecule has 5 rings (SSSR count). The summed E-state index contributed by atoms with van der Waals surface area (Å²) in [6, 6.07) is 10.5. The molecule has 4 fully saturated rings. The van der Waals surface area contributed by atoms with Gasteiger partial charge in [-0.2, -0.15) is 0 Å². The number of benzene rings is 1. The van der Waals surface area contributed by atoms with Crippen molar-refractivity contribution in [3.8, 4) is 0 Å². The maximum Gasteiger partial charge on any atom is 0.0809 e. The molecule has 0 heterocycles. The van der Waals surface area contributed by atoms with Crippen molar-refractivity contribution in [3.63, 3.8) is 0 Å². The Hall–Kier alpha value is -1.38. The minimum Gasteiger partial charge on any atom is -0.393 e. The molecule has 4 aliphatic carbocycles. The zero-order chi connectivity index (χ0) is 20.4. The lowest BCUT2D eigenvalue weighted by atomic mass is 9.44. The number of allylic oxidation sites excluding steroid dienone is 1. The van der Waals surface area contributed by atoms with Gasteiger partial charge in [0.05, 0.1) is 12.2 Å². The monoisotopic (exact) mass is 392 g/mol. The molecule has 2 nitrogen and oxygen atoms in total. The fourth-order valence-electron chi connectivity index (χ4n) is 7.99. The first kappa shape index (κ1) is 19.6. The molecule has 0 unspecified atom stereocenters. The highest BCUT2D eigenvalue weighted by molar-refractivity contribution is 5.55. The third-order valence-electron chi connectivity index (χ3n) is 9.62. The number of hydrogen-bond donors (Lipinski definition) is 2. The second-order valence-corrected chi connectivity index (χ2v) is 11.0. The molecule has 2 heteroatoms. The molecule has 1 aromatic rings. The van der Waals surface area contributed by atoms with Crippen molar-refractivity contribution in [1.29, 1.82) is 0 Å². The number of aliphatic hydroxyl groups excluding tert-OH is 2. The second kappa shape index (κ2) is 6.82. The fourth-order valence-corrected chi connectivity index (χ4v) is 7.99. The van der Waals surface area contributed by atoms with Crippen molar-refractivity contribution in [3.05, 3.63) is 53.6 Å². The van der Waals surface area contributed by atoms with Crippen molar-refractivity contribution in [2.75, 3.05) is 0 Å². The third kappa shape index (κ3) is 2.90. The van der Waals surface area contributed by atoms with Crippen LogP contribution in [0.3, 0.4) is 0 Å². The second-order valence-electron chi connectivity index (χ2n) is 11.0. The Balaban J connectivity index is 1.48. The van der Waals surface area contributed by atoms with Crippen LogP contribution >= 0.6 is 0 Å². The Morgan fingerprint density at radius 3 is 2.45 bits per heavy atom. The average Bonchev–Trinajstić information content (AvgIpc) is 2.95. The molecule has 4 saturated carbocycles. The predicted molar refractivity (Wildman–Crippen MR) is 118 cm³/mol. The molecule has 0 saturated heterocycles. The van der Waals surface area contributed by atoms with Crippen LogP contribution in [0, 0.1) is 34.5 Å². The lowest BCUT2D eigenvalue weighted by Gasteiger charge is -2.61. The van der Waals surface area contributed by atoms with Gasteiger partial charge in [-0.15, -0.1) is 0 Å². The first-order valence-corrected chi connectivity index (χ1v) is 11.6. The quantitative estimate of drug-likeness (QED) is 0.610. The van der Waals surface area contributed by atoms with Gasteiger partial charge in [-0.1, -0.05) is 62.4 Å². The molecule has 156 valence electrons. The minimum atomic E-state index is -0.333. The Morgan fingerprint density at radius 2 is 1.69 bits per heavy atom. The van der Waals surface area contributed by atoms with E-state index in [4.69, 9.17) is 0 Å². The topological polar surface area (TPSA) is 40.5 Å². The van der Waals surface area contributed by atoms with E-state index in [1.807, 2.05) is 6.07 Å². The standard InChI is InChI=1S/C27H36O2/c1-17-13-21-22(26(2)11-9-20(28)16-23(17)26)10-12-27(3)24(21)15-19(25(27)29)14-18-7-5-4-6-8-18/h4-8,14,20-25,28-29H,1,9-13,15-16H2,2-3H3/t20-,21-,22+,23-,24+,25+,26-,27+/m0/s1. The van der Waals surface area contributed by atoms with Crippen molar-refractivity contribution in [2.24, 2.45) is 34.5 Å². The van der Waals surface area contributed by atoms with Gasteiger partial charge in [0.15, 0.2) is 0 Å². The lowest BCUT2D eigenvalue weighted by molar-refractivity contribution is -0.114. The van der Waals surface area contributed by atoms with Crippen LogP contribution in [0.25, 0.3) is 6.08 Å². The number of hydrogen-bond acceptors (Lipinski definition) is 2. The highest BCUT2D eigenvalue weighted by Crippen LogP contribution is 2.67. The number of aliphatic hydroxyl groups is 2. The van der Waals surface area contributed by atoms with E-state index in [2.05, 4.69) is 50.8 Å². The minimum absolute atomic E-state index is 0.0144. The van der Waals surface area contributed by atoms with E-state index in [1.165, 1.54) is 23.1 Å². The molecule has 4 aliphatic rings. The van der Waals surface area contributed by atoms with Crippen LogP contribution in [0.4, 0.5) is 0 Å². The van der Waals surface area contributed by atoms with Gasteiger partial charge in [-0.3, -0.25) is 0 Å². The van der Waals surface area contributed by atoms with E-state index in [9.17, 15) is 10.2 Å². The Morgan fingerprint density at radius 1 is 0.966 bits per heavy atom. The van der Waals surface area contributed by atoms with Crippen LogP contribution in [0.5, 0.6) is 0 Å². The summed E-state index contributed by atoms with van der Waals surface area (Å²) in [4.78, 5) is 0. The van der Waals surface area contributed by atoms with Gasteiger partial charge >= 0.3 is 0 Å². The summed E-state index contributed by atoms with van der Waals surface area (Å²) in [6.07, 6.45) is 9.15. The highest BCUT2D eigenvalue weighted by Gasteiger charge is 2.61. The first-order chi connectivity index (χ1) is 13.8. The summed E-state index contributed by atoms with van der Waals surface area (Å²) in [7, 11) is 0. The molecule has 0 amide bonds. The summed E-state index contributed by atoms with van der Waals surface area (Å²) in [6.45, 7) is 9.35. The zero-order valence-electron chi connectivity index (χ0n) is 18.0. The van der Waals surface area contributed by atoms with Crippen molar-refractivity contribution >= 4 is 6.08 Å². The average molecular weight is 393 g/mol. The lowest BCUT2D eigenvalue weighted by Crippen LogP contribution is -2.55. The Kier molecular flexibility index (Phi) is 4.60. The molecule has 0 spiro atoms. The molecule has 0 aromatic heterocycles. The van der Waals surface area contributed by atoms with Gasteiger partial charge in [0.1, 0.15) is 0 Å². The number of rotatable bonds is 1. The SMILES string of the molecule is C=C1C[C@@H]2[C@H]3CC(=Cc4ccccc4)[C@@H](O)[C@]3(C)CC[C@H]2[C@]2(C)CC[C@H](O)C[C@@H]12. The van der Waals surface area contributed by atoms with Crippen LogP contribution in [-0.4, -0.2) is 22.4 Å². The van der Waals surface area contributed by atoms with Gasteiger partial charge in [-0.25, -0.2) is 0 Å². The molecule has 0 aliphatic heterocycles. The van der Waals surface area contributed by atoms with E-state index in [0.29, 0.717) is 23.7 Å². The third-order valence-corrected chi connectivity index (χ3v) is 9.62. The predicted octanol–water partition coefficient (Wildman–Crippen LogP) is 5.61. The molecule has 8 atom stereocenters. The fraction of sp³-hybridized carbons (Fsp3) is 0.630. The summed E-state index contributed by atoms with van der Waals surface area (Å²) in [5.74, 6) is 2.33. The van der Waals surface area contributed by atoms with Gasteiger partial charge < -0.3 is 10.2 Å². The van der Waals surface area contributed by atoms with Crippen LogP contribution in [0.15, 0.2) is 48.1 Å². The molecule has 2 N–H and O–H groups in total. The van der Waals surface area contributed by atoms with E-state index < -0.39 is 0 Å². The molecule has 0 radical (unpaired) electrons.